The van der Waals surface area contributed by atoms with E-state index in [4.69, 9.17) is 22.1 Å². The molecule has 5 heteroatoms. The predicted octanol–water partition coefficient (Wildman–Crippen LogP) is 3.75. The monoisotopic (exact) mass is 268 g/mol. The first-order chi connectivity index (χ1) is 8.11. The normalized spacial score (nSPS) is 10.5. The van der Waals surface area contributed by atoms with Crippen LogP contribution in [0, 0.1) is 6.92 Å². The van der Waals surface area contributed by atoms with Crippen molar-refractivity contribution in [3.63, 3.8) is 0 Å². The minimum Gasteiger partial charge on any atom is -0.492 e. The van der Waals surface area contributed by atoms with E-state index in [1.165, 1.54) is 11.3 Å². The number of nitrogens with two attached hydrogens (primary N) is 1. The van der Waals surface area contributed by atoms with E-state index in [-0.39, 0.29) is 0 Å². The van der Waals surface area contributed by atoms with Gasteiger partial charge < -0.3 is 10.5 Å². The highest BCUT2D eigenvalue weighted by Crippen LogP contribution is 2.34. The average molecular weight is 269 g/mol. The Balaban J connectivity index is 2.37. The van der Waals surface area contributed by atoms with Crippen molar-refractivity contribution >= 4 is 27.9 Å². The molecule has 1 aromatic carbocycles. The number of ether oxygens (including phenoxy) is 1. The second-order valence-corrected chi connectivity index (χ2v) is 4.98. The smallest absolute Gasteiger partial charge is 0.137 e. The summed E-state index contributed by atoms with van der Waals surface area (Å²) in [4.78, 5) is 4.39. The van der Waals surface area contributed by atoms with Crippen molar-refractivity contribution in [3.05, 3.63) is 28.9 Å². The van der Waals surface area contributed by atoms with Crippen LogP contribution in [0.5, 0.6) is 5.75 Å². The summed E-state index contributed by atoms with van der Waals surface area (Å²) in [7, 11) is 0. The van der Waals surface area contributed by atoms with Crippen LogP contribution in [0.25, 0.3) is 10.6 Å². The van der Waals surface area contributed by atoms with Crippen molar-refractivity contribution in [1.29, 1.82) is 0 Å². The lowest BCUT2D eigenvalue weighted by molar-refractivity contribution is 0.340. The molecule has 0 aliphatic rings. The van der Waals surface area contributed by atoms with Crippen LogP contribution in [0.2, 0.25) is 5.02 Å². The highest BCUT2D eigenvalue weighted by molar-refractivity contribution is 7.18. The summed E-state index contributed by atoms with van der Waals surface area (Å²) in [5, 5.41) is 2.21. The second-order valence-electron chi connectivity index (χ2n) is 3.55. The van der Waals surface area contributed by atoms with Gasteiger partial charge in [-0.3, -0.25) is 0 Å². The summed E-state index contributed by atoms with van der Waals surface area (Å²) in [5.41, 5.74) is 7.61. The quantitative estimate of drug-likeness (QED) is 0.922. The topological polar surface area (TPSA) is 48.1 Å². The van der Waals surface area contributed by atoms with E-state index in [0.717, 1.165) is 21.3 Å². The Bertz CT molecular complexity index is 520. The molecule has 2 N–H and O–H groups in total. The number of anilines is 1. The van der Waals surface area contributed by atoms with Gasteiger partial charge in [-0.2, -0.15) is 0 Å². The molecule has 2 aromatic rings. The first-order valence-corrected chi connectivity index (χ1v) is 6.47. The third-order valence-electron chi connectivity index (χ3n) is 2.31. The van der Waals surface area contributed by atoms with Crippen LogP contribution in [0.15, 0.2) is 18.2 Å². The molecule has 0 unspecified atom stereocenters. The van der Waals surface area contributed by atoms with Crippen LogP contribution in [-0.2, 0) is 0 Å². The van der Waals surface area contributed by atoms with Crippen molar-refractivity contribution in [3.8, 4) is 16.3 Å². The zero-order valence-corrected chi connectivity index (χ0v) is 11.2. The Labute approximate surface area is 109 Å². The molecule has 0 aliphatic carbocycles. The summed E-state index contributed by atoms with van der Waals surface area (Å²) in [6.45, 7) is 4.42. The Hall–Kier alpha value is -1.26. The maximum absolute atomic E-state index is 6.13. The number of aromatic nitrogens is 1. The first kappa shape index (κ1) is 12.2. The molecule has 0 atom stereocenters. The lowest BCUT2D eigenvalue weighted by Crippen LogP contribution is -1.92. The Kier molecular flexibility index (Phi) is 3.54. The lowest BCUT2D eigenvalue weighted by Gasteiger charge is -2.06. The number of hydrogen-bond donors (Lipinski definition) is 1. The lowest BCUT2D eigenvalue weighted by atomic mass is 10.2. The molecule has 17 heavy (non-hydrogen) atoms. The number of nitrogen functional groups attached to an aromatic ring is 1. The minimum absolute atomic E-state index is 0.593. The molecule has 0 spiro atoms. The van der Waals surface area contributed by atoms with Gasteiger partial charge in [0.15, 0.2) is 0 Å². The van der Waals surface area contributed by atoms with Gasteiger partial charge in [0, 0.05) is 5.56 Å². The Morgan fingerprint density at radius 1 is 1.47 bits per heavy atom. The van der Waals surface area contributed by atoms with Crippen LogP contribution in [0.1, 0.15) is 12.6 Å². The van der Waals surface area contributed by atoms with Crippen molar-refractivity contribution in [1.82, 2.24) is 4.98 Å². The van der Waals surface area contributed by atoms with Crippen molar-refractivity contribution in [2.75, 3.05) is 12.3 Å². The number of benzene rings is 1. The Morgan fingerprint density at radius 2 is 2.24 bits per heavy atom. The van der Waals surface area contributed by atoms with E-state index in [0.29, 0.717) is 17.4 Å². The highest BCUT2D eigenvalue weighted by atomic mass is 35.5. The molecule has 1 aromatic heterocycles. The van der Waals surface area contributed by atoms with Crippen molar-refractivity contribution in [2.24, 2.45) is 0 Å². The van der Waals surface area contributed by atoms with Crippen LogP contribution in [0.4, 0.5) is 5.00 Å². The van der Waals surface area contributed by atoms with Gasteiger partial charge in [-0.1, -0.05) is 22.9 Å². The summed E-state index contributed by atoms with van der Waals surface area (Å²) < 4.78 is 5.38. The number of halogens is 1. The maximum Gasteiger partial charge on any atom is 0.137 e. The second kappa shape index (κ2) is 4.94. The fourth-order valence-electron chi connectivity index (χ4n) is 1.44. The van der Waals surface area contributed by atoms with E-state index < -0.39 is 0 Å². The molecule has 0 fully saturated rings. The van der Waals surface area contributed by atoms with Gasteiger partial charge in [0.25, 0.3) is 0 Å². The maximum atomic E-state index is 6.13. The highest BCUT2D eigenvalue weighted by Gasteiger charge is 2.09. The summed E-state index contributed by atoms with van der Waals surface area (Å²) >= 11 is 7.59. The summed E-state index contributed by atoms with van der Waals surface area (Å²) in [5.74, 6) is 0.694. The molecular weight excluding hydrogens is 256 g/mol. The molecule has 1 heterocycles. The predicted molar refractivity (Wildman–Crippen MR) is 72.9 cm³/mol. The van der Waals surface area contributed by atoms with Gasteiger partial charge in [-0.05, 0) is 32.0 Å². The minimum atomic E-state index is 0.593. The average Bonchev–Trinajstić information content (AvgIpc) is 2.62. The van der Waals surface area contributed by atoms with Crippen molar-refractivity contribution in [2.45, 2.75) is 13.8 Å². The van der Waals surface area contributed by atoms with Crippen LogP contribution in [0.3, 0.4) is 0 Å². The van der Waals surface area contributed by atoms with E-state index in [1.54, 1.807) is 0 Å². The van der Waals surface area contributed by atoms with Crippen LogP contribution in [-0.4, -0.2) is 11.6 Å². The van der Waals surface area contributed by atoms with Crippen molar-refractivity contribution < 1.29 is 4.74 Å². The van der Waals surface area contributed by atoms with E-state index in [1.807, 2.05) is 32.0 Å². The van der Waals surface area contributed by atoms with Gasteiger partial charge in [0.1, 0.15) is 15.8 Å². The van der Waals surface area contributed by atoms with Gasteiger partial charge in [0.05, 0.1) is 17.3 Å². The van der Waals surface area contributed by atoms with E-state index in [2.05, 4.69) is 4.98 Å². The molecule has 90 valence electrons. The first-order valence-electron chi connectivity index (χ1n) is 5.27. The van der Waals surface area contributed by atoms with Crippen LogP contribution >= 0.6 is 22.9 Å². The molecule has 0 saturated carbocycles. The number of aryl methyl sites for hydroxylation is 1. The third-order valence-corrected chi connectivity index (χ3v) is 3.64. The molecule has 0 aliphatic heterocycles. The fourth-order valence-corrected chi connectivity index (χ4v) is 2.50. The standard InChI is InChI=1S/C12H13ClN2OS/c1-3-16-10-5-4-8(6-9(10)13)12-15-7(2)11(14)17-12/h4-6H,3,14H2,1-2H3. The number of thiazole rings is 1. The number of hydrogen-bond acceptors (Lipinski definition) is 4. The molecule has 2 rings (SSSR count). The third kappa shape index (κ3) is 2.53. The van der Waals surface area contributed by atoms with Gasteiger partial charge in [0.2, 0.25) is 0 Å². The number of rotatable bonds is 3. The molecule has 0 amide bonds. The molecular formula is C12H13ClN2OS. The Morgan fingerprint density at radius 3 is 2.76 bits per heavy atom. The van der Waals surface area contributed by atoms with Gasteiger partial charge in [-0.15, -0.1) is 0 Å². The SMILES string of the molecule is CCOc1ccc(-c2nc(C)c(N)s2)cc1Cl. The van der Waals surface area contributed by atoms with Crippen LogP contribution < -0.4 is 10.5 Å². The molecule has 3 nitrogen and oxygen atoms in total. The molecule has 0 bridgehead atoms. The summed E-state index contributed by atoms with van der Waals surface area (Å²) in [6, 6.07) is 5.65. The van der Waals surface area contributed by atoms with Gasteiger partial charge in [-0.25, -0.2) is 4.98 Å². The zero-order valence-electron chi connectivity index (χ0n) is 9.66. The molecule has 0 radical (unpaired) electrons. The van der Waals surface area contributed by atoms with E-state index in [9.17, 15) is 0 Å². The van der Waals surface area contributed by atoms with Gasteiger partial charge >= 0.3 is 0 Å². The number of nitrogens with zero attached hydrogens (tertiary/aromatic N) is 1. The zero-order chi connectivity index (χ0) is 12.4. The fraction of sp³-hybridized carbons (Fsp3) is 0.250. The van der Waals surface area contributed by atoms with E-state index >= 15 is 0 Å². The molecule has 0 saturated heterocycles. The largest absolute Gasteiger partial charge is 0.492 e. The summed E-state index contributed by atoms with van der Waals surface area (Å²) in [6.07, 6.45) is 0.